The van der Waals surface area contributed by atoms with Crippen LogP contribution in [0.5, 0.6) is 0 Å². The first-order chi connectivity index (χ1) is 18.3. The standard InChI is InChI=1S/C29H29ClN4O4/c1-18-24(14-22(30)15-31-18)27(35)32-23-11-9-19(10-12-23)16-33-25-7-2-3-8-26(25)34(29(33)38)17-20-5-4-6-21(13-20)28(36)37/h2-8,13-15,19,23H,9-12,16-17H2,1H3,(H,32,35)(H,36,37)/t19-,23-. The number of carboxylic acids is 1. The lowest BCUT2D eigenvalue weighted by molar-refractivity contribution is 0.0696. The number of hydrogen-bond donors (Lipinski definition) is 2. The molecule has 0 aliphatic heterocycles. The van der Waals surface area contributed by atoms with Crippen molar-refractivity contribution in [2.75, 3.05) is 0 Å². The number of para-hydroxylation sites is 2. The summed E-state index contributed by atoms with van der Waals surface area (Å²) in [5, 5.41) is 12.9. The molecule has 0 bridgehead atoms. The third-order valence-corrected chi connectivity index (χ3v) is 7.57. The predicted octanol–water partition coefficient (Wildman–Crippen LogP) is 4.90. The zero-order valence-corrected chi connectivity index (χ0v) is 21.8. The number of carbonyl (C=O) groups excluding carboxylic acids is 1. The molecule has 2 N–H and O–H groups in total. The number of amides is 1. The zero-order valence-electron chi connectivity index (χ0n) is 21.1. The highest BCUT2D eigenvalue weighted by Crippen LogP contribution is 2.27. The molecule has 0 spiro atoms. The number of nitrogens with one attached hydrogen (secondary N) is 1. The Labute approximate surface area is 224 Å². The molecule has 0 radical (unpaired) electrons. The average Bonchev–Trinajstić information content (AvgIpc) is 3.17. The van der Waals surface area contributed by atoms with E-state index < -0.39 is 5.97 Å². The molecule has 1 aliphatic carbocycles. The summed E-state index contributed by atoms with van der Waals surface area (Å²) in [7, 11) is 0. The fraction of sp³-hybridized carbons (Fsp3) is 0.310. The van der Waals surface area contributed by atoms with Crippen LogP contribution < -0.4 is 11.0 Å². The Morgan fingerprint density at radius 2 is 1.74 bits per heavy atom. The van der Waals surface area contributed by atoms with E-state index in [0.717, 1.165) is 42.3 Å². The van der Waals surface area contributed by atoms with Crippen LogP contribution in [0.1, 0.15) is 57.7 Å². The maximum Gasteiger partial charge on any atom is 0.335 e. The quantitative estimate of drug-likeness (QED) is 0.352. The Balaban J connectivity index is 1.29. The minimum Gasteiger partial charge on any atom is -0.478 e. The van der Waals surface area contributed by atoms with E-state index in [4.69, 9.17) is 11.6 Å². The highest BCUT2D eigenvalue weighted by Gasteiger charge is 2.25. The molecule has 0 unspecified atom stereocenters. The number of nitrogens with zero attached hydrogens (tertiary/aromatic N) is 3. The van der Waals surface area contributed by atoms with Crippen LogP contribution in [-0.4, -0.2) is 37.1 Å². The minimum atomic E-state index is -0.993. The van der Waals surface area contributed by atoms with Crippen LogP contribution in [0.3, 0.4) is 0 Å². The van der Waals surface area contributed by atoms with Crippen molar-refractivity contribution in [1.29, 1.82) is 0 Å². The number of aromatic nitrogens is 3. The lowest BCUT2D eigenvalue weighted by Crippen LogP contribution is -2.39. The second-order valence-corrected chi connectivity index (χ2v) is 10.4. The van der Waals surface area contributed by atoms with Gasteiger partial charge in [0.25, 0.3) is 5.91 Å². The van der Waals surface area contributed by atoms with Gasteiger partial charge in [-0.25, -0.2) is 9.59 Å². The summed E-state index contributed by atoms with van der Waals surface area (Å²) in [6, 6.07) is 16.1. The maximum atomic E-state index is 13.5. The van der Waals surface area contributed by atoms with E-state index in [9.17, 15) is 19.5 Å². The Morgan fingerprint density at radius 1 is 1.03 bits per heavy atom. The number of halogens is 1. The van der Waals surface area contributed by atoms with Gasteiger partial charge < -0.3 is 10.4 Å². The van der Waals surface area contributed by atoms with Gasteiger partial charge in [-0.05, 0) is 74.4 Å². The van der Waals surface area contributed by atoms with E-state index in [1.807, 2.05) is 34.9 Å². The van der Waals surface area contributed by atoms with Gasteiger partial charge in [-0.2, -0.15) is 0 Å². The molecular weight excluding hydrogens is 504 g/mol. The molecule has 8 nitrogen and oxygen atoms in total. The Bertz CT molecular complexity index is 1570. The van der Waals surface area contributed by atoms with Crippen molar-refractivity contribution in [2.24, 2.45) is 5.92 Å². The van der Waals surface area contributed by atoms with Crippen LogP contribution in [0.25, 0.3) is 11.0 Å². The van der Waals surface area contributed by atoms with Gasteiger partial charge in [0, 0.05) is 18.8 Å². The van der Waals surface area contributed by atoms with Gasteiger partial charge in [0.1, 0.15) is 0 Å². The highest BCUT2D eigenvalue weighted by molar-refractivity contribution is 6.30. The molecule has 1 amide bonds. The molecule has 0 saturated heterocycles. The van der Waals surface area contributed by atoms with Gasteiger partial charge in [-0.15, -0.1) is 0 Å². The van der Waals surface area contributed by atoms with Crippen LogP contribution in [0.15, 0.2) is 65.6 Å². The van der Waals surface area contributed by atoms with Crippen LogP contribution in [0.4, 0.5) is 0 Å². The number of imidazole rings is 1. The fourth-order valence-corrected chi connectivity index (χ4v) is 5.49. The number of aryl methyl sites for hydroxylation is 1. The summed E-state index contributed by atoms with van der Waals surface area (Å²) in [6.07, 6.45) is 4.98. The monoisotopic (exact) mass is 532 g/mol. The van der Waals surface area contributed by atoms with Crippen LogP contribution in [0.2, 0.25) is 5.02 Å². The van der Waals surface area contributed by atoms with Crippen molar-refractivity contribution >= 4 is 34.5 Å². The van der Waals surface area contributed by atoms with E-state index in [1.165, 1.54) is 6.20 Å². The zero-order chi connectivity index (χ0) is 26.8. The maximum absolute atomic E-state index is 13.5. The summed E-state index contributed by atoms with van der Waals surface area (Å²) in [5.41, 5.74) is 3.68. The predicted molar refractivity (Wildman–Crippen MR) is 146 cm³/mol. The smallest absolute Gasteiger partial charge is 0.335 e. The second-order valence-electron chi connectivity index (χ2n) is 9.95. The Morgan fingerprint density at radius 3 is 2.45 bits per heavy atom. The summed E-state index contributed by atoms with van der Waals surface area (Å²) in [5.74, 6) is -0.843. The SMILES string of the molecule is Cc1ncc(Cl)cc1C(=O)N[C@H]1CC[C@H](Cn2c(=O)n(Cc3cccc(C(=O)O)c3)c3ccccc32)CC1. The van der Waals surface area contributed by atoms with E-state index in [2.05, 4.69) is 10.3 Å². The summed E-state index contributed by atoms with van der Waals surface area (Å²) >= 11 is 6.02. The van der Waals surface area contributed by atoms with Crippen LogP contribution >= 0.6 is 11.6 Å². The first kappa shape index (κ1) is 25.7. The van der Waals surface area contributed by atoms with Gasteiger partial charge in [0.2, 0.25) is 0 Å². The largest absolute Gasteiger partial charge is 0.478 e. The van der Waals surface area contributed by atoms with Gasteiger partial charge >= 0.3 is 11.7 Å². The molecule has 1 aliphatic rings. The van der Waals surface area contributed by atoms with Crippen molar-refractivity contribution in [2.45, 2.75) is 51.7 Å². The first-order valence-corrected chi connectivity index (χ1v) is 13.1. The van der Waals surface area contributed by atoms with E-state index in [0.29, 0.717) is 35.3 Å². The summed E-state index contributed by atoms with van der Waals surface area (Å²) in [4.78, 5) is 41.9. The van der Waals surface area contributed by atoms with E-state index >= 15 is 0 Å². The molecular formula is C29H29ClN4O4. The number of benzene rings is 2. The van der Waals surface area contributed by atoms with Crippen LogP contribution in [0, 0.1) is 12.8 Å². The molecule has 9 heteroatoms. The lowest BCUT2D eigenvalue weighted by Gasteiger charge is -2.29. The number of hydrogen-bond acceptors (Lipinski definition) is 4. The molecule has 1 saturated carbocycles. The van der Waals surface area contributed by atoms with E-state index in [1.54, 1.807) is 35.8 Å². The number of carbonyl (C=O) groups is 2. The molecule has 2 heterocycles. The van der Waals surface area contributed by atoms with Crippen molar-refractivity contribution in [3.05, 3.63) is 98.7 Å². The third-order valence-electron chi connectivity index (χ3n) is 7.36. The summed E-state index contributed by atoms with van der Waals surface area (Å²) < 4.78 is 3.55. The topological polar surface area (TPSA) is 106 Å². The number of aromatic carboxylic acids is 1. The molecule has 2 aromatic carbocycles. The fourth-order valence-electron chi connectivity index (χ4n) is 5.34. The second kappa shape index (κ2) is 10.8. The number of carboxylic acid groups (broad SMARTS) is 1. The van der Waals surface area contributed by atoms with Gasteiger partial charge in [-0.1, -0.05) is 35.9 Å². The normalized spacial score (nSPS) is 17.4. The van der Waals surface area contributed by atoms with Crippen molar-refractivity contribution in [3.63, 3.8) is 0 Å². The lowest BCUT2D eigenvalue weighted by atomic mass is 9.85. The average molecular weight is 533 g/mol. The Kier molecular flexibility index (Phi) is 7.33. The van der Waals surface area contributed by atoms with Gasteiger partial charge in [0.15, 0.2) is 0 Å². The molecule has 5 rings (SSSR count). The van der Waals surface area contributed by atoms with Crippen molar-refractivity contribution < 1.29 is 14.7 Å². The number of pyridine rings is 1. The third kappa shape index (κ3) is 5.36. The molecule has 0 atom stereocenters. The molecule has 38 heavy (non-hydrogen) atoms. The van der Waals surface area contributed by atoms with Gasteiger partial charge in [-0.3, -0.25) is 18.9 Å². The van der Waals surface area contributed by atoms with Crippen molar-refractivity contribution in [3.8, 4) is 0 Å². The summed E-state index contributed by atoms with van der Waals surface area (Å²) in [6.45, 7) is 2.68. The Hall–Kier alpha value is -3.91. The number of fused-ring (bicyclic) bond motifs is 1. The molecule has 196 valence electrons. The van der Waals surface area contributed by atoms with Crippen LogP contribution in [-0.2, 0) is 13.1 Å². The number of rotatable bonds is 7. The molecule has 2 aromatic heterocycles. The first-order valence-electron chi connectivity index (χ1n) is 12.7. The minimum absolute atomic E-state index is 0.0664. The van der Waals surface area contributed by atoms with Crippen molar-refractivity contribution in [1.82, 2.24) is 19.4 Å². The molecule has 1 fully saturated rings. The highest BCUT2D eigenvalue weighted by atomic mass is 35.5. The van der Waals surface area contributed by atoms with Gasteiger partial charge in [0.05, 0.1) is 39.4 Å². The van der Waals surface area contributed by atoms with E-state index in [-0.39, 0.29) is 23.2 Å². The molecule has 4 aromatic rings.